The number of hydrogen-bond donors (Lipinski definition) is 1. The minimum Gasteiger partial charge on any atom is -0.356 e. The maximum absolute atomic E-state index is 14.5. The maximum atomic E-state index is 14.5. The Morgan fingerprint density at radius 2 is 1.88 bits per heavy atom. The molecule has 10 heteroatoms. The number of halogens is 3. The third kappa shape index (κ3) is 3.26. The quantitative estimate of drug-likeness (QED) is 0.645. The van der Waals surface area contributed by atoms with Crippen molar-refractivity contribution in [3.63, 3.8) is 0 Å². The first-order valence-corrected chi connectivity index (χ1v) is 10.9. The second-order valence-electron chi connectivity index (χ2n) is 8.44. The Bertz CT molecular complexity index is 1150. The van der Waals surface area contributed by atoms with Gasteiger partial charge in [-0.3, -0.25) is 4.79 Å². The number of nitrogens with one attached hydrogen (secondary N) is 1. The van der Waals surface area contributed by atoms with Gasteiger partial charge in [-0.2, -0.15) is 13.2 Å². The molecular formula is C23H24F3N5O2. The summed E-state index contributed by atoms with van der Waals surface area (Å²) < 4.78 is 48.5. The summed E-state index contributed by atoms with van der Waals surface area (Å²) in [5.74, 6) is -0.324. The molecule has 0 aliphatic carbocycles. The molecule has 2 aliphatic rings. The van der Waals surface area contributed by atoms with Gasteiger partial charge in [-0.05, 0) is 25.3 Å². The topological polar surface area (TPSA) is 74.3 Å². The highest BCUT2D eigenvalue weighted by molar-refractivity contribution is 5.89. The van der Waals surface area contributed by atoms with Crippen molar-refractivity contribution in [1.29, 1.82) is 0 Å². The number of H-pyrrole nitrogens is 1. The summed E-state index contributed by atoms with van der Waals surface area (Å²) in [6.45, 7) is 0.846. The number of benzene rings is 1. The first kappa shape index (κ1) is 21.7. The number of rotatable bonds is 4. The van der Waals surface area contributed by atoms with Gasteiger partial charge in [-0.1, -0.05) is 30.3 Å². The minimum absolute atomic E-state index is 0.130. The summed E-state index contributed by atoms with van der Waals surface area (Å²) in [7, 11) is 0.949. The normalized spacial score (nSPS) is 22.9. The average Bonchev–Trinajstić information content (AvgIpc) is 3.46. The number of nitrogens with zero attached hydrogens (tertiary/aromatic N) is 4. The third-order valence-electron chi connectivity index (χ3n) is 6.86. The highest BCUT2D eigenvalue weighted by atomic mass is 19.4. The highest BCUT2D eigenvalue weighted by Crippen LogP contribution is 2.45. The van der Waals surface area contributed by atoms with Crippen LogP contribution in [-0.2, 0) is 15.1 Å². The van der Waals surface area contributed by atoms with Crippen LogP contribution in [-0.4, -0.2) is 64.2 Å². The molecule has 3 aromatic rings. The molecule has 2 aromatic heterocycles. The molecule has 5 rings (SSSR count). The maximum Gasteiger partial charge on any atom is 0.430 e. The fourth-order valence-electron chi connectivity index (χ4n) is 5.39. The molecular weight excluding hydrogens is 435 g/mol. The van der Waals surface area contributed by atoms with Gasteiger partial charge in [-0.15, -0.1) is 0 Å². The van der Waals surface area contributed by atoms with Crippen LogP contribution in [0, 0.1) is 0 Å². The van der Waals surface area contributed by atoms with Crippen molar-refractivity contribution >= 4 is 22.8 Å². The van der Waals surface area contributed by atoms with E-state index in [4.69, 9.17) is 4.74 Å². The van der Waals surface area contributed by atoms with Crippen molar-refractivity contribution in [3.8, 4) is 0 Å². The van der Waals surface area contributed by atoms with Crippen molar-refractivity contribution in [2.24, 2.45) is 0 Å². The second kappa shape index (κ2) is 8.02. The van der Waals surface area contributed by atoms with Crippen LogP contribution in [0.2, 0.25) is 0 Å². The first-order chi connectivity index (χ1) is 15.9. The molecule has 0 spiro atoms. The van der Waals surface area contributed by atoms with E-state index in [1.54, 1.807) is 12.3 Å². The SMILES string of the molecule is CO[C@](C(=O)N1CCC[C@@H]2[C@H]1CCN2c1ncnc2[nH]ccc12)(c1ccccc1)C(F)(F)F. The van der Waals surface area contributed by atoms with Gasteiger partial charge in [0.1, 0.15) is 17.8 Å². The number of aromatic amines is 1. The van der Waals surface area contributed by atoms with E-state index < -0.39 is 17.7 Å². The second-order valence-corrected chi connectivity index (χ2v) is 8.44. The van der Waals surface area contributed by atoms with E-state index in [0.717, 1.165) is 24.7 Å². The molecule has 7 nitrogen and oxygen atoms in total. The lowest BCUT2D eigenvalue weighted by Crippen LogP contribution is -2.62. The predicted molar refractivity (Wildman–Crippen MR) is 116 cm³/mol. The Hall–Kier alpha value is -3.14. The molecule has 3 atom stereocenters. The van der Waals surface area contributed by atoms with Crippen LogP contribution in [0.15, 0.2) is 48.9 Å². The van der Waals surface area contributed by atoms with Crippen molar-refractivity contribution < 1.29 is 22.7 Å². The van der Waals surface area contributed by atoms with Gasteiger partial charge in [0.25, 0.3) is 11.5 Å². The largest absolute Gasteiger partial charge is 0.430 e. The molecule has 174 valence electrons. The smallest absolute Gasteiger partial charge is 0.356 e. The molecule has 0 radical (unpaired) electrons. The molecule has 2 aliphatic heterocycles. The van der Waals surface area contributed by atoms with Gasteiger partial charge in [-0.25, -0.2) is 9.97 Å². The summed E-state index contributed by atoms with van der Waals surface area (Å²) in [6, 6.07) is 8.55. The number of anilines is 1. The highest BCUT2D eigenvalue weighted by Gasteiger charge is 2.65. The van der Waals surface area contributed by atoms with Gasteiger partial charge >= 0.3 is 6.18 Å². The van der Waals surface area contributed by atoms with Gasteiger partial charge in [0.05, 0.1) is 17.5 Å². The lowest BCUT2D eigenvalue weighted by Gasteiger charge is -2.44. The van der Waals surface area contributed by atoms with Crippen LogP contribution in [0.3, 0.4) is 0 Å². The van der Waals surface area contributed by atoms with E-state index in [2.05, 4.69) is 19.9 Å². The number of alkyl halides is 3. The van der Waals surface area contributed by atoms with Gasteiger partial charge in [0.15, 0.2) is 0 Å². The van der Waals surface area contributed by atoms with Crippen LogP contribution < -0.4 is 4.90 Å². The predicted octanol–water partition coefficient (Wildman–Crippen LogP) is 3.63. The van der Waals surface area contributed by atoms with Crippen LogP contribution >= 0.6 is 0 Å². The Kier molecular flexibility index (Phi) is 5.27. The molecule has 1 amide bonds. The molecule has 33 heavy (non-hydrogen) atoms. The first-order valence-electron chi connectivity index (χ1n) is 10.9. The van der Waals surface area contributed by atoms with E-state index in [9.17, 15) is 18.0 Å². The number of ether oxygens (including phenoxy) is 1. The number of amides is 1. The number of carbonyl (C=O) groups excluding carboxylic acids is 1. The van der Waals surface area contributed by atoms with Crippen molar-refractivity contribution in [3.05, 3.63) is 54.5 Å². The summed E-state index contributed by atoms with van der Waals surface area (Å²) in [5.41, 5.74) is -2.56. The van der Waals surface area contributed by atoms with Crippen LogP contribution in [0.1, 0.15) is 24.8 Å². The summed E-state index contributed by atoms with van der Waals surface area (Å²) >= 11 is 0. The Morgan fingerprint density at radius 1 is 1.09 bits per heavy atom. The molecule has 4 heterocycles. The average molecular weight is 459 g/mol. The van der Waals surface area contributed by atoms with Crippen LogP contribution in [0.4, 0.5) is 19.0 Å². The van der Waals surface area contributed by atoms with Crippen molar-refractivity contribution in [2.45, 2.75) is 43.1 Å². The van der Waals surface area contributed by atoms with E-state index in [0.29, 0.717) is 25.0 Å². The lowest BCUT2D eigenvalue weighted by molar-refractivity contribution is -0.271. The van der Waals surface area contributed by atoms with E-state index in [1.807, 2.05) is 6.07 Å². The summed E-state index contributed by atoms with van der Waals surface area (Å²) in [6.07, 6.45) is 0.249. The van der Waals surface area contributed by atoms with Crippen LogP contribution in [0.5, 0.6) is 0 Å². The van der Waals surface area contributed by atoms with Crippen LogP contribution in [0.25, 0.3) is 11.0 Å². The number of likely N-dealkylation sites (tertiary alicyclic amines) is 1. The molecule has 0 unspecified atom stereocenters. The van der Waals surface area contributed by atoms with Crippen molar-refractivity contribution in [1.82, 2.24) is 19.9 Å². The van der Waals surface area contributed by atoms with E-state index in [-0.39, 0.29) is 24.2 Å². The number of aromatic nitrogens is 3. The minimum atomic E-state index is -4.92. The number of methoxy groups -OCH3 is 1. The molecule has 2 fully saturated rings. The number of hydrogen-bond acceptors (Lipinski definition) is 5. The zero-order chi connectivity index (χ0) is 23.2. The summed E-state index contributed by atoms with van der Waals surface area (Å²) in [4.78, 5) is 28.9. The number of piperidine rings is 1. The van der Waals surface area contributed by atoms with E-state index >= 15 is 0 Å². The molecule has 0 bridgehead atoms. The fraction of sp³-hybridized carbons (Fsp3) is 0.435. The third-order valence-corrected chi connectivity index (χ3v) is 6.86. The fourth-order valence-corrected chi connectivity index (χ4v) is 5.39. The van der Waals surface area contributed by atoms with Gasteiger partial charge in [0, 0.05) is 32.0 Å². The Labute approximate surface area is 188 Å². The molecule has 2 saturated heterocycles. The Morgan fingerprint density at radius 3 is 2.61 bits per heavy atom. The van der Waals surface area contributed by atoms with Crippen molar-refractivity contribution in [2.75, 3.05) is 25.1 Å². The molecule has 1 N–H and O–H groups in total. The zero-order valence-electron chi connectivity index (χ0n) is 18.0. The van der Waals surface area contributed by atoms with Gasteiger partial charge in [0.2, 0.25) is 0 Å². The van der Waals surface area contributed by atoms with E-state index in [1.165, 1.54) is 35.5 Å². The standard InChI is InChI=1S/C23H24F3N5O2/c1-33-22(23(24,25)26,15-6-3-2-4-7-15)21(32)31-12-5-8-17-18(31)10-13-30(17)20-16-9-11-27-19(16)28-14-29-20/h2-4,6-7,9,11,14,17-18H,5,8,10,12-13H2,1H3,(H,27,28,29)/t17-,18-,22+/m1/s1. The molecule has 0 saturated carbocycles. The number of fused-ring (bicyclic) bond motifs is 2. The van der Waals surface area contributed by atoms with Gasteiger partial charge < -0.3 is 19.5 Å². The lowest BCUT2D eigenvalue weighted by atomic mass is 9.88. The zero-order valence-corrected chi connectivity index (χ0v) is 18.0. The monoisotopic (exact) mass is 459 g/mol. The number of carbonyl (C=O) groups is 1. The summed E-state index contributed by atoms with van der Waals surface area (Å²) in [5, 5.41) is 0.854. The Balaban J connectivity index is 1.51. The molecule has 1 aromatic carbocycles.